The monoisotopic (exact) mass is 363 g/mol. The number of rotatable bonds is 4. The molecule has 22 heavy (non-hydrogen) atoms. The minimum atomic E-state index is -0.102. The van der Waals surface area contributed by atoms with Gasteiger partial charge in [0.15, 0.2) is 0 Å². The van der Waals surface area contributed by atoms with Crippen LogP contribution in [0.25, 0.3) is 0 Å². The zero-order chi connectivity index (χ0) is 15.4. The lowest BCUT2D eigenvalue weighted by Gasteiger charge is -2.38. The number of nitrogens with one attached hydrogen (secondary N) is 1. The summed E-state index contributed by atoms with van der Waals surface area (Å²) in [6, 6.07) is 9.98. The van der Waals surface area contributed by atoms with E-state index in [1.807, 2.05) is 12.1 Å². The molecular weight excluding hydrogens is 346 g/mol. The summed E-state index contributed by atoms with van der Waals surface area (Å²) in [7, 11) is 0. The van der Waals surface area contributed by atoms with Gasteiger partial charge in [-0.25, -0.2) is 0 Å². The second kappa shape index (κ2) is 6.67. The van der Waals surface area contributed by atoms with E-state index in [1.165, 1.54) is 18.1 Å². The van der Waals surface area contributed by atoms with Gasteiger partial charge in [-0.05, 0) is 36.6 Å². The highest BCUT2D eigenvalue weighted by Gasteiger charge is 2.35. The SMILES string of the molecule is O=C(NCC1(c2cccc(Br)c2)CCOCC1)c1ccoc1. The van der Waals surface area contributed by atoms with E-state index in [2.05, 4.69) is 33.4 Å². The van der Waals surface area contributed by atoms with Crippen molar-refractivity contribution in [3.05, 3.63) is 58.5 Å². The molecule has 2 heterocycles. The standard InChI is InChI=1S/C17H18BrNO3/c18-15-3-1-2-14(10-15)17(5-8-21-9-6-17)12-19-16(20)13-4-7-22-11-13/h1-4,7,10-11H,5-6,8-9,12H2,(H,19,20). The molecule has 1 amide bonds. The van der Waals surface area contributed by atoms with E-state index in [-0.39, 0.29) is 11.3 Å². The number of ether oxygens (including phenoxy) is 1. The van der Waals surface area contributed by atoms with Crippen LogP contribution in [0.5, 0.6) is 0 Å². The first-order valence-electron chi connectivity index (χ1n) is 7.34. The van der Waals surface area contributed by atoms with Crippen LogP contribution in [0.15, 0.2) is 51.7 Å². The number of furan rings is 1. The molecule has 4 nitrogen and oxygen atoms in total. The molecule has 5 heteroatoms. The fourth-order valence-electron chi connectivity index (χ4n) is 2.89. The van der Waals surface area contributed by atoms with Gasteiger partial charge in [-0.1, -0.05) is 28.1 Å². The normalized spacial score (nSPS) is 17.1. The average molecular weight is 364 g/mol. The molecule has 1 fully saturated rings. The van der Waals surface area contributed by atoms with Gasteiger partial charge >= 0.3 is 0 Å². The number of hydrogen-bond acceptors (Lipinski definition) is 3. The Balaban J connectivity index is 1.79. The van der Waals surface area contributed by atoms with E-state index in [9.17, 15) is 4.79 Å². The number of halogens is 1. The van der Waals surface area contributed by atoms with Gasteiger partial charge in [0.1, 0.15) is 6.26 Å². The predicted octanol–water partition coefficient (Wildman–Crippen LogP) is 3.52. The molecule has 0 radical (unpaired) electrons. The van der Waals surface area contributed by atoms with Gasteiger partial charge in [0, 0.05) is 29.6 Å². The first-order chi connectivity index (χ1) is 10.7. The zero-order valence-electron chi connectivity index (χ0n) is 12.2. The van der Waals surface area contributed by atoms with E-state index in [0.29, 0.717) is 25.3 Å². The lowest BCUT2D eigenvalue weighted by atomic mass is 9.74. The van der Waals surface area contributed by atoms with Crippen molar-refractivity contribution in [2.75, 3.05) is 19.8 Å². The van der Waals surface area contributed by atoms with E-state index in [1.54, 1.807) is 6.07 Å². The smallest absolute Gasteiger partial charge is 0.254 e. The van der Waals surface area contributed by atoms with Crippen molar-refractivity contribution in [2.24, 2.45) is 0 Å². The summed E-state index contributed by atoms with van der Waals surface area (Å²) < 4.78 is 11.5. The first-order valence-corrected chi connectivity index (χ1v) is 8.13. The molecule has 0 unspecified atom stereocenters. The van der Waals surface area contributed by atoms with Crippen LogP contribution >= 0.6 is 15.9 Å². The Hall–Kier alpha value is -1.59. The third kappa shape index (κ3) is 3.25. The molecule has 0 spiro atoms. The molecule has 1 aliphatic heterocycles. The van der Waals surface area contributed by atoms with Gasteiger partial charge in [-0.15, -0.1) is 0 Å². The summed E-state index contributed by atoms with van der Waals surface area (Å²) in [5.41, 5.74) is 1.70. The lowest BCUT2D eigenvalue weighted by molar-refractivity contribution is 0.0487. The molecular formula is C17H18BrNO3. The minimum Gasteiger partial charge on any atom is -0.472 e. The summed E-state index contributed by atoms with van der Waals surface area (Å²) in [5.74, 6) is -0.102. The maximum absolute atomic E-state index is 12.2. The average Bonchev–Trinajstić information content (AvgIpc) is 3.08. The van der Waals surface area contributed by atoms with Crippen LogP contribution in [0.1, 0.15) is 28.8 Å². The van der Waals surface area contributed by atoms with E-state index < -0.39 is 0 Å². The Kier molecular flexibility index (Phi) is 4.64. The third-order valence-electron chi connectivity index (χ3n) is 4.26. The summed E-state index contributed by atoms with van der Waals surface area (Å²) >= 11 is 3.53. The number of hydrogen-bond donors (Lipinski definition) is 1. The quantitative estimate of drug-likeness (QED) is 0.903. The topological polar surface area (TPSA) is 51.5 Å². The number of amides is 1. The maximum atomic E-state index is 12.2. The van der Waals surface area contributed by atoms with Crippen LogP contribution in [-0.4, -0.2) is 25.7 Å². The van der Waals surface area contributed by atoms with Gasteiger partial charge in [0.05, 0.1) is 11.8 Å². The van der Waals surface area contributed by atoms with Crippen molar-refractivity contribution in [3.8, 4) is 0 Å². The predicted molar refractivity (Wildman–Crippen MR) is 86.9 cm³/mol. The van der Waals surface area contributed by atoms with Crippen molar-refractivity contribution in [1.82, 2.24) is 5.32 Å². The van der Waals surface area contributed by atoms with Crippen LogP contribution in [0.4, 0.5) is 0 Å². The summed E-state index contributed by atoms with van der Waals surface area (Å²) in [5, 5.41) is 3.04. The fraction of sp³-hybridized carbons (Fsp3) is 0.353. The highest BCUT2D eigenvalue weighted by Crippen LogP contribution is 2.35. The Labute approximate surface area is 138 Å². The van der Waals surface area contributed by atoms with Gasteiger partial charge < -0.3 is 14.5 Å². The van der Waals surface area contributed by atoms with Gasteiger partial charge in [0.2, 0.25) is 0 Å². The molecule has 2 aromatic rings. The number of benzene rings is 1. The van der Waals surface area contributed by atoms with E-state index in [0.717, 1.165) is 17.3 Å². The van der Waals surface area contributed by atoms with Gasteiger partial charge in [0.25, 0.3) is 5.91 Å². The molecule has 0 saturated carbocycles. The maximum Gasteiger partial charge on any atom is 0.254 e. The number of carbonyl (C=O) groups is 1. The van der Waals surface area contributed by atoms with Crippen molar-refractivity contribution in [1.29, 1.82) is 0 Å². The van der Waals surface area contributed by atoms with Crippen molar-refractivity contribution < 1.29 is 13.9 Å². The molecule has 116 valence electrons. The summed E-state index contributed by atoms with van der Waals surface area (Å²) in [6.07, 6.45) is 4.77. The van der Waals surface area contributed by atoms with Crippen LogP contribution in [0.2, 0.25) is 0 Å². The molecule has 1 aliphatic rings. The summed E-state index contributed by atoms with van der Waals surface area (Å²) in [6.45, 7) is 2.03. The van der Waals surface area contributed by atoms with Crippen LogP contribution in [-0.2, 0) is 10.2 Å². The molecule has 1 N–H and O–H groups in total. The van der Waals surface area contributed by atoms with Gasteiger partial charge in [-0.3, -0.25) is 4.79 Å². The molecule has 0 aliphatic carbocycles. The van der Waals surface area contributed by atoms with Crippen LogP contribution in [0.3, 0.4) is 0 Å². The Morgan fingerprint density at radius 2 is 2.09 bits per heavy atom. The highest BCUT2D eigenvalue weighted by atomic mass is 79.9. The van der Waals surface area contributed by atoms with E-state index in [4.69, 9.17) is 9.15 Å². The molecule has 1 saturated heterocycles. The Morgan fingerprint density at radius 3 is 2.77 bits per heavy atom. The molecule has 3 rings (SSSR count). The molecule has 0 atom stereocenters. The van der Waals surface area contributed by atoms with Crippen molar-refractivity contribution in [2.45, 2.75) is 18.3 Å². The van der Waals surface area contributed by atoms with Crippen molar-refractivity contribution in [3.63, 3.8) is 0 Å². The van der Waals surface area contributed by atoms with Crippen LogP contribution in [0, 0.1) is 0 Å². The highest BCUT2D eigenvalue weighted by molar-refractivity contribution is 9.10. The van der Waals surface area contributed by atoms with Crippen LogP contribution < -0.4 is 5.32 Å². The van der Waals surface area contributed by atoms with Gasteiger partial charge in [-0.2, -0.15) is 0 Å². The molecule has 1 aromatic heterocycles. The van der Waals surface area contributed by atoms with Crippen molar-refractivity contribution >= 4 is 21.8 Å². The largest absolute Gasteiger partial charge is 0.472 e. The molecule has 1 aromatic carbocycles. The Bertz CT molecular complexity index is 633. The van der Waals surface area contributed by atoms with E-state index >= 15 is 0 Å². The zero-order valence-corrected chi connectivity index (χ0v) is 13.8. The third-order valence-corrected chi connectivity index (χ3v) is 4.75. The minimum absolute atomic E-state index is 0.0819. The molecule has 0 bridgehead atoms. The number of carbonyl (C=O) groups excluding carboxylic acids is 1. The second-order valence-electron chi connectivity index (χ2n) is 5.60. The second-order valence-corrected chi connectivity index (χ2v) is 6.51. The summed E-state index contributed by atoms with van der Waals surface area (Å²) in [4.78, 5) is 12.2. The first kappa shape index (κ1) is 15.3. The Morgan fingerprint density at radius 1 is 1.27 bits per heavy atom. The lowest BCUT2D eigenvalue weighted by Crippen LogP contribution is -2.44. The fourth-order valence-corrected chi connectivity index (χ4v) is 3.29.